The highest BCUT2D eigenvalue weighted by atomic mass is 32.1. The van der Waals surface area contributed by atoms with E-state index >= 15 is 0 Å². The topological polar surface area (TPSA) is 107 Å². The number of carbonyl (C=O) groups excluding carboxylic acids is 1. The van der Waals surface area contributed by atoms with Crippen LogP contribution >= 0.6 is 11.3 Å². The van der Waals surface area contributed by atoms with E-state index in [0.717, 1.165) is 4.70 Å². The van der Waals surface area contributed by atoms with Crippen LogP contribution in [-0.4, -0.2) is 55.2 Å². The number of carbonyl (C=O) groups is 1. The van der Waals surface area contributed by atoms with Gasteiger partial charge in [0.2, 0.25) is 0 Å². The second kappa shape index (κ2) is 9.42. The number of alkyl carbamates (subject to hydrolysis) is 1. The van der Waals surface area contributed by atoms with Gasteiger partial charge in [-0.1, -0.05) is 20.8 Å². The maximum absolute atomic E-state index is 12.5. The lowest BCUT2D eigenvalue weighted by Gasteiger charge is -2.38. The number of rotatable bonds is 6. The van der Waals surface area contributed by atoms with Gasteiger partial charge < -0.3 is 19.4 Å². The molecule has 1 aromatic carbocycles. The minimum atomic E-state index is -2.05. The standard InChI is InChI=1S/C23H36N4O5SSi/c1-22(2,3)32-21(28)25-15-11-16(13-31-34(7,8)23(4,5)6)26(12-15)20-17(27(29)30)9-10-18-19(20)24-14-33-18/h9-10,14-16H,11-13H2,1-8H3,(H,25,28)/t15-,16+/m1/s1. The van der Waals surface area contributed by atoms with Gasteiger partial charge in [-0.25, -0.2) is 9.78 Å². The van der Waals surface area contributed by atoms with Crippen molar-refractivity contribution in [2.24, 2.45) is 0 Å². The third-order valence-electron chi connectivity index (χ3n) is 6.52. The Balaban J connectivity index is 1.94. The van der Waals surface area contributed by atoms with Crippen LogP contribution in [0.15, 0.2) is 17.6 Å². The van der Waals surface area contributed by atoms with Gasteiger partial charge in [0, 0.05) is 12.6 Å². The van der Waals surface area contributed by atoms with E-state index in [4.69, 9.17) is 9.16 Å². The zero-order valence-corrected chi connectivity index (χ0v) is 23.1. The number of nitrogens with zero attached hydrogens (tertiary/aromatic N) is 3. The first-order chi connectivity index (χ1) is 15.6. The van der Waals surface area contributed by atoms with Crippen LogP contribution in [0.25, 0.3) is 10.2 Å². The maximum Gasteiger partial charge on any atom is 0.407 e. The van der Waals surface area contributed by atoms with Crippen molar-refractivity contribution >= 4 is 47.3 Å². The van der Waals surface area contributed by atoms with E-state index < -0.39 is 20.0 Å². The van der Waals surface area contributed by atoms with Gasteiger partial charge in [-0.05, 0) is 51.4 Å². The van der Waals surface area contributed by atoms with Gasteiger partial charge in [0.15, 0.2) is 8.32 Å². The van der Waals surface area contributed by atoms with Crippen molar-refractivity contribution in [2.45, 2.75) is 83.8 Å². The van der Waals surface area contributed by atoms with Gasteiger partial charge in [-0.3, -0.25) is 10.1 Å². The number of ether oxygens (including phenoxy) is 1. The summed E-state index contributed by atoms with van der Waals surface area (Å²) < 4.78 is 12.8. The molecule has 34 heavy (non-hydrogen) atoms. The van der Waals surface area contributed by atoms with Crippen molar-refractivity contribution in [1.82, 2.24) is 10.3 Å². The first-order valence-electron chi connectivity index (χ1n) is 11.5. The Kier molecular flexibility index (Phi) is 7.31. The Morgan fingerprint density at radius 3 is 2.56 bits per heavy atom. The summed E-state index contributed by atoms with van der Waals surface area (Å²) in [6.45, 7) is 17.2. The largest absolute Gasteiger partial charge is 0.444 e. The second-order valence-corrected chi connectivity index (χ2v) is 17.0. The normalized spacial score (nSPS) is 19.5. The van der Waals surface area contributed by atoms with Crippen LogP contribution in [0.3, 0.4) is 0 Å². The smallest absolute Gasteiger partial charge is 0.407 e. The molecule has 2 heterocycles. The van der Waals surface area contributed by atoms with E-state index in [0.29, 0.717) is 30.8 Å². The van der Waals surface area contributed by atoms with E-state index in [1.54, 1.807) is 11.6 Å². The molecule has 3 rings (SSSR count). The lowest BCUT2D eigenvalue weighted by molar-refractivity contribution is -0.384. The molecule has 0 unspecified atom stereocenters. The summed E-state index contributed by atoms with van der Waals surface area (Å²) in [7, 11) is -2.05. The number of nitro benzene ring substituents is 1. The van der Waals surface area contributed by atoms with E-state index in [9.17, 15) is 14.9 Å². The number of nitro groups is 1. The van der Waals surface area contributed by atoms with Gasteiger partial charge in [0.1, 0.15) is 16.8 Å². The van der Waals surface area contributed by atoms with Crippen molar-refractivity contribution < 1.29 is 18.9 Å². The molecule has 1 aromatic heterocycles. The number of thiazole rings is 1. The molecule has 2 atom stereocenters. The summed E-state index contributed by atoms with van der Waals surface area (Å²) in [6.07, 6.45) is 0.0933. The lowest BCUT2D eigenvalue weighted by atomic mass is 10.1. The molecule has 1 aliphatic heterocycles. The fourth-order valence-electron chi connectivity index (χ4n) is 3.79. The summed E-state index contributed by atoms with van der Waals surface area (Å²) in [6, 6.07) is 2.88. The molecule has 1 aliphatic rings. The van der Waals surface area contributed by atoms with Crippen molar-refractivity contribution in [3.05, 3.63) is 27.8 Å². The molecule has 1 N–H and O–H groups in total. The van der Waals surface area contributed by atoms with E-state index in [2.05, 4.69) is 44.2 Å². The van der Waals surface area contributed by atoms with Crippen LogP contribution in [-0.2, 0) is 9.16 Å². The molecule has 9 nitrogen and oxygen atoms in total. The molecule has 1 fully saturated rings. The molecular formula is C23H36N4O5SSi. The average Bonchev–Trinajstić information content (AvgIpc) is 3.29. The van der Waals surface area contributed by atoms with Gasteiger partial charge in [-0.15, -0.1) is 11.3 Å². The summed E-state index contributed by atoms with van der Waals surface area (Å²) in [5, 5.41) is 14.9. The third-order valence-corrected chi connectivity index (χ3v) is 11.8. The quantitative estimate of drug-likeness (QED) is 0.303. The van der Waals surface area contributed by atoms with Gasteiger partial charge >= 0.3 is 6.09 Å². The second-order valence-electron chi connectivity index (χ2n) is 11.3. The molecule has 1 saturated heterocycles. The highest BCUT2D eigenvalue weighted by Gasteiger charge is 2.42. The van der Waals surface area contributed by atoms with Crippen LogP contribution in [0.4, 0.5) is 16.2 Å². The number of hydrogen-bond donors (Lipinski definition) is 1. The van der Waals surface area contributed by atoms with E-state index in [1.807, 2.05) is 25.7 Å². The number of hydrogen-bond acceptors (Lipinski definition) is 8. The number of anilines is 1. The molecular weight excluding hydrogens is 472 g/mol. The van der Waals surface area contributed by atoms with E-state index in [1.165, 1.54) is 17.4 Å². The summed E-state index contributed by atoms with van der Waals surface area (Å²) >= 11 is 1.45. The fraction of sp³-hybridized carbons (Fsp3) is 0.652. The molecule has 0 aliphatic carbocycles. The number of benzene rings is 1. The lowest BCUT2D eigenvalue weighted by Crippen LogP contribution is -2.45. The van der Waals surface area contributed by atoms with Crippen molar-refractivity contribution in [3.8, 4) is 0 Å². The molecule has 0 radical (unpaired) electrons. The zero-order chi connectivity index (χ0) is 25.5. The number of aromatic nitrogens is 1. The molecule has 0 spiro atoms. The summed E-state index contributed by atoms with van der Waals surface area (Å²) in [4.78, 5) is 30.5. The monoisotopic (exact) mass is 508 g/mol. The van der Waals surface area contributed by atoms with Crippen LogP contribution in [0.1, 0.15) is 48.0 Å². The minimum Gasteiger partial charge on any atom is -0.444 e. The Morgan fingerprint density at radius 1 is 1.29 bits per heavy atom. The first kappa shape index (κ1) is 26.4. The molecule has 0 saturated carbocycles. The first-order valence-corrected chi connectivity index (χ1v) is 15.3. The fourth-order valence-corrected chi connectivity index (χ4v) is 5.51. The third kappa shape index (κ3) is 5.87. The zero-order valence-electron chi connectivity index (χ0n) is 21.3. The Bertz CT molecular complexity index is 1060. The number of fused-ring (bicyclic) bond motifs is 1. The number of nitrogens with one attached hydrogen (secondary N) is 1. The van der Waals surface area contributed by atoms with Gasteiger partial charge in [-0.2, -0.15) is 0 Å². The van der Waals surface area contributed by atoms with Crippen LogP contribution in [0, 0.1) is 10.1 Å². The van der Waals surface area contributed by atoms with Crippen molar-refractivity contribution in [3.63, 3.8) is 0 Å². The average molecular weight is 509 g/mol. The summed E-state index contributed by atoms with van der Waals surface area (Å²) in [5.41, 5.74) is 2.19. The predicted molar refractivity (Wildman–Crippen MR) is 138 cm³/mol. The summed E-state index contributed by atoms with van der Waals surface area (Å²) in [5.74, 6) is 0. The molecule has 11 heteroatoms. The maximum atomic E-state index is 12.5. The molecule has 2 aromatic rings. The molecule has 188 valence electrons. The highest BCUT2D eigenvalue weighted by molar-refractivity contribution is 7.16. The minimum absolute atomic E-state index is 0.00800. The Hall–Kier alpha value is -2.24. The van der Waals surface area contributed by atoms with Gasteiger partial charge in [0.05, 0.1) is 33.8 Å². The molecule has 0 bridgehead atoms. The number of amides is 1. The van der Waals surface area contributed by atoms with E-state index in [-0.39, 0.29) is 27.7 Å². The Labute approximate surface area is 206 Å². The Morgan fingerprint density at radius 2 is 1.97 bits per heavy atom. The van der Waals surface area contributed by atoms with Gasteiger partial charge in [0.25, 0.3) is 5.69 Å². The SMILES string of the molecule is CC(C)(C)OC(=O)N[C@@H]1C[C@@H](CO[Si](C)(C)C(C)(C)C)N(c2c([N+](=O)[O-])ccc3scnc23)C1. The van der Waals surface area contributed by atoms with Crippen LogP contribution in [0.5, 0.6) is 0 Å². The van der Waals surface area contributed by atoms with Crippen molar-refractivity contribution in [1.29, 1.82) is 0 Å². The highest BCUT2D eigenvalue weighted by Crippen LogP contribution is 2.42. The van der Waals surface area contributed by atoms with Crippen LogP contribution in [0.2, 0.25) is 18.1 Å². The molecule has 1 amide bonds. The predicted octanol–water partition coefficient (Wildman–Crippen LogP) is 5.70. The van der Waals surface area contributed by atoms with Crippen LogP contribution < -0.4 is 10.2 Å². The van der Waals surface area contributed by atoms with Crippen molar-refractivity contribution in [2.75, 3.05) is 18.1 Å².